The molecule has 0 bridgehead atoms. The second kappa shape index (κ2) is 7.17. The number of carbonyl (C=O) groups is 1. The highest BCUT2D eigenvalue weighted by atomic mass is 16.5. The molecule has 1 aromatic rings. The number of ether oxygens (including phenoxy) is 1. The number of rotatable bonds is 7. The minimum absolute atomic E-state index is 0.390. The normalized spacial score (nSPS) is 12.2. The van der Waals surface area contributed by atoms with Crippen LogP contribution in [0.3, 0.4) is 0 Å². The average molecular weight is 249 g/mol. The van der Waals surface area contributed by atoms with Gasteiger partial charge >= 0.3 is 0 Å². The van der Waals surface area contributed by atoms with Gasteiger partial charge in [0.1, 0.15) is 0 Å². The van der Waals surface area contributed by atoms with E-state index >= 15 is 0 Å². The van der Waals surface area contributed by atoms with Crippen LogP contribution in [0.25, 0.3) is 0 Å². The number of hydrogen-bond donors (Lipinski definition) is 0. The van der Waals surface area contributed by atoms with Gasteiger partial charge in [-0.05, 0) is 32.4 Å². The van der Waals surface area contributed by atoms with Crippen LogP contribution in [0.15, 0.2) is 18.2 Å². The number of carbonyl (C=O) groups excluding carboxylic acids is 1. The molecule has 0 N–H and O–H groups in total. The molecule has 1 rings (SSSR count). The lowest BCUT2D eigenvalue weighted by Gasteiger charge is -2.31. The molecule has 0 aliphatic rings. The van der Waals surface area contributed by atoms with Crippen molar-refractivity contribution in [2.45, 2.75) is 33.2 Å². The molecule has 0 spiro atoms. The summed E-state index contributed by atoms with van der Waals surface area (Å²) in [4.78, 5) is 13.5. The topological polar surface area (TPSA) is 29.5 Å². The van der Waals surface area contributed by atoms with Crippen LogP contribution in [0.1, 0.15) is 36.2 Å². The van der Waals surface area contributed by atoms with E-state index in [2.05, 4.69) is 18.7 Å². The zero-order valence-corrected chi connectivity index (χ0v) is 11.8. The summed E-state index contributed by atoms with van der Waals surface area (Å²) in [5, 5.41) is 0. The smallest absolute Gasteiger partial charge is 0.152 e. The molecule has 0 aliphatic carbocycles. The summed E-state index contributed by atoms with van der Waals surface area (Å²) in [6, 6.07) is 6.40. The van der Waals surface area contributed by atoms with Crippen LogP contribution in [0.2, 0.25) is 0 Å². The second-order valence-corrected chi connectivity index (χ2v) is 4.62. The molecule has 0 radical (unpaired) electrons. The number of benzene rings is 1. The fourth-order valence-electron chi connectivity index (χ4n) is 2.02. The minimum Gasteiger partial charge on any atom is -0.383 e. The van der Waals surface area contributed by atoms with Gasteiger partial charge in [0.05, 0.1) is 6.61 Å². The molecule has 100 valence electrons. The lowest BCUT2D eigenvalue weighted by atomic mass is 10.1. The molecule has 1 atom stereocenters. The van der Waals surface area contributed by atoms with E-state index in [-0.39, 0.29) is 0 Å². The van der Waals surface area contributed by atoms with Gasteiger partial charge in [-0.25, -0.2) is 0 Å². The average Bonchev–Trinajstić information content (AvgIpc) is 2.39. The molecule has 0 saturated heterocycles. The minimum atomic E-state index is 0.390. The van der Waals surface area contributed by atoms with E-state index in [1.54, 1.807) is 7.11 Å². The fourth-order valence-corrected chi connectivity index (χ4v) is 2.02. The summed E-state index contributed by atoms with van der Waals surface area (Å²) >= 11 is 0. The van der Waals surface area contributed by atoms with Gasteiger partial charge in [0, 0.05) is 30.9 Å². The lowest BCUT2D eigenvalue weighted by Crippen LogP contribution is -2.36. The Morgan fingerprint density at radius 3 is 2.72 bits per heavy atom. The molecule has 1 aromatic carbocycles. The van der Waals surface area contributed by atoms with Crippen LogP contribution < -0.4 is 4.90 Å². The summed E-state index contributed by atoms with van der Waals surface area (Å²) < 4.78 is 5.16. The van der Waals surface area contributed by atoms with Gasteiger partial charge in [0.2, 0.25) is 0 Å². The SMILES string of the molecule is CCC(C)N(CCOC)c1ccc(C)cc1C=O. The van der Waals surface area contributed by atoms with Crippen molar-refractivity contribution in [2.75, 3.05) is 25.2 Å². The number of hydrogen-bond acceptors (Lipinski definition) is 3. The Morgan fingerprint density at radius 2 is 2.17 bits per heavy atom. The van der Waals surface area contributed by atoms with Crippen LogP contribution in [0.4, 0.5) is 5.69 Å². The van der Waals surface area contributed by atoms with E-state index < -0.39 is 0 Å². The Balaban J connectivity index is 3.07. The van der Waals surface area contributed by atoms with Crippen LogP contribution >= 0.6 is 0 Å². The molecule has 18 heavy (non-hydrogen) atoms. The highest BCUT2D eigenvalue weighted by Gasteiger charge is 2.15. The van der Waals surface area contributed by atoms with E-state index in [1.807, 2.05) is 25.1 Å². The summed E-state index contributed by atoms with van der Waals surface area (Å²) in [5.41, 5.74) is 2.87. The van der Waals surface area contributed by atoms with Crippen LogP contribution in [-0.4, -0.2) is 32.6 Å². The Kier molecular flexibility index (Phi) is 5.86. The maximum Gasteiger partial charge on any atom is 0.152 e. The molecule has 1 unspecified atom stereocenters. The lowest BCUT2D eigenvalue weighted by molar-refractivity contribution is 0.112. The van der Waals surface area contributed by atoms with Gasteiger partial charge in [0.25, 0.3) is 0 Å². The second-order valence-electron chi connectivity index (χ2n) is 4.62. The van der Waals surface area contributed by atoms with E-state index in [4.69, 9.17) is 4.74 Å². The molecule has 0 aliphatic heterocycles. The van der Waals surface area contributed by atoms with E-state index in [0.29, 0.717) is 12.6 Å². The zero-order valence-electron chi connectivity index (χ0n) is 11.8. The first-order valence-corrected chi connectivity index (χ1v) is 6.45. The predicted molar refractivity (Wildman–Crippen MR) is 75.5 cm³/mol. The summed E-state index contributed by atoms with van der Waals surface area (Å²) in [5.74, 6) is 0. The molecule has 0 aromatic heterocycles. The number of nitrogens with zero attached hydrogens (tertiary/aromatic N) is 1. The Morgan fingerprint density at radius 1 is 1.44 bits per heavy atom. The molecule has 3 heteroatoms. The van der Waals surface area contributed by atoms with Gasteiger partial charge < -0.3 is 9.64 Å². The van der Waals surface area contributed by atoms with Crippen LogP contribution in [0.5, 0.6) is 0 Å². The highest BCUT2D eigenvalue weighted by molar-refractivity contribution is 5.85. The Bertz CT molecular complexity index is 390. The maximum absolute atomic E-state index is 11.2. The van der Waals surface area contributed by atoms with Crippen molar-refractivity contribution < 1.29 is 9.53 Å². The monoisotopic (exact) mass is 249 g/mol. The molecule has 0 saturated carbocycles. The Hall–Kier alpha value is -1.35. The number of anilines is 1. The van der Waals surface area contributed by atoms with Gasteiger partial charge in [-0.3, -0.25) is 4.79 Å². The van der Waals surface area contributed by atoms with Crippen molar-refractivity contribution in [2.24, 2.45) is 0 Å². The van der Waals surface area contributed by atoms with E-state index in [0.717, 1.165) is 36.1 Å². The summed E-state index contributed by atoms with van der Waals surface area (Å²) in [7, 11) is 1.70. The van der Waals surface area contributed by atoms with Gasteiger partial charge in [-0.2, -0.15) is 0 Å². The van der Waals surface area contributed by atoms with Crippen molar-refractivity contribution >= 4 is 12.0 Å². The third-order valence-corrected chi connectivity index (χ3v) is 3.28. The van der Waals surface area contributed by atoms with Gasteiger partial charge in [-0.1, -0.05) is 18.6 Å². The highest BCUT2D eigenvalue weighted by Crippen LogP contribution is 2.23. The molecule has 0 fully saturated rings. The summed E-state index contributed by atoms with van der Waals surface area (Å²) in [6.07, 6.45) is 1.97. The van der Waals surface area contributed by atoms with Crippen molar-refractivity contribution in [1.29, 1.82) is 0 Å². The first-order valence-electron chi connectivity index (χ1n) is 6.45. The largest absolute Gasteiger partial charge is 0.383 e. The van der Waals surface area contributed by atoms with Crippen molar-refractivity contribution in [3.63, 3.8) is 0 Å². The zero-order chi connectivity index (χ0) is 13.5. The first kappa shape index (κ1) is 14.7. The number of aldehydes is 1. The maximum atomic E-state index is 11.2. The standard InChI is InChI=1S/C15H23NO2/c1-5-13(3)16(8-9-18-4)15-7-6-12(2)10-14(15)11-17/h6-7,10-11,13H,5,8-9H2,1-4H3. The van der Waals surface area contributed by atoms with Crippen molar-refractivity contribution in [3.05, 3.63) is 29.3 Å². The molecule has 0 heterocycles. The number of methoxy groups -OCH3 is 1. The Labute approximate surface area is 110 Å². The predicted octanol–water partition coefficient (Wildman–Crippen LogP) is 3.06. The molecule has 0 amide bonds. The molecular formula is C15H23NO2. The molecule has 3 nitrogen and oxygen atoms in total. The number of aryl methyl sites for hydroxylation is 1. The van der Waals surface area contributed by atoms with E-state index in [9.17, 15) is 4.79 Å². The van der Waals surface area contributed by atoms with Crippen molar-refractivity contribution in [3.8, 4) is 0 Å². The third-order valence-electron chi connectivity index (χ3n) is 3.28. The summed E-state index contributed by atoms with van der Waals surface area (Å²) in [6.45, 7) is 7.79. The van der Waals surface area contributed by atoms with Crippen LogP contribution in [-0.2, 0) is 4.74 Å². The van der Waals surface area contributed by atoms with Crippen molar-refractivity contribution in [1.82, 2.24) is 0 Å². The molecular weight excluding hydrogens is 226 g/mol. The van der Waals surface area contributed by atoms with E-state index in [1.165, 1.54) is 0 Å². The van der Waals surface area contributed by atoms with Crippen LogP contribution in [0, 0.1) is 6.92 Å². The quantitative estimate of drug-likeness (QED) is 0.696. The van der Waals surface area contributed by atoms with Gasteiger partial charge in [0.15, 0.2) is 6.29 Å². The first-order chi connectivity index (χ1) is 8.63. The van der Waals surface area contributed by atoms with Gasteiger partial charge in [-0.15, -0.1) is 0 Å². The third kappa shape index (κ3) is 3.57. The fraction of sp³-hybridized carbons (Fsp3) is 0.533.